The summed E-state index contributed by atoms with van der Waals surface area (Å²) in [6.07, 6.45) is 1.13. The summed E-state index contributed by atoms with van der Waals surface area (Å²) in [5, 5.41) is 8.12. The standard InChI is InChI=1S/C6H10O7Si/c1-4(14(10,11)12)13-6(9)3-2-5(7)8/h2-4,10-12H,1H3,(H,7,8)/b3-2+. The second-order valence-corrected chi connectivity index (χ2v) is 4.63. The molecule has 0 amide bonds. The van der Waals surface area contributed by atoms with Gasteiger partial charge in [-0.05, 0) is 6.92 Å². The van der Waals surface area contributed by atoms with Crippen molar-refractivity contribution in [2.45, 2.75) is 12.7 Å². The average molecular weight is 222 g/mol. The zero-order valence-corrected chi connectivity index (χ0v) is 8.25. The fourth-order valence-electron chi connectivity index (χ4n) is 0.432. The Kier molecular flexibility index (Phi) is 4.43. The molecule has 4 N–H and O–H groups in total. The number of rotatable bonds is 4. The molecule has 8 heteroatoms. The summed E-state index contributed by atoms with van der Waals surface area (Å²) < 4.78 is 4.29. The van der Waals surface area contributed by atoms with Gasteiger partial charge in [-0.25, -0.2) is 9.59 Å². The van der Waals surface area contributed by atoms with Crippen molar-refractivity contribution in [3.8, 4) is 0 Å². The first kappa shape index (κ1) is 12.8. The van der Waals surface area contributed by atoms with E-state index in [2.05, 4.69) is 4.74 Å². The Morgan fingerprint density at radius 1 is 1.29 bits per heavy atom. The van der Waals surface area contributed by atoms with Crippen LogP contribution < -0.4 is 0 Å². The summed E-state index contributed by atoms with van der Waals surface area (Å²) in [5.41, 5.74) is -1.45. The molecule has 1 unspecified atom stereocenters. The van der Waals surface area contributed by atoms with Crippen LogP contribution in [-0.4, -0.2) is 46.0 Å². The second kappa shape index (κ2) is 4.86. The average Bonchev–Trinajstić information content (AvgIpc) is 1.99. The Morgan fingerprint density at radius 3 is 2.14 bits per heavy atom. The van der Waals surface area contributed by atoms with Crippen LogP contribution in [0.15, 0.2) is 12.2 Å². The molecule has 0 radical (unpaired) electrons. The van der Waals surface area contributed by atoms with Crippen molar-refractivity contribution in [1.82, 2.24) is 0 Å². The molecule has 0 aromatic carbocycles. The van der Waals surface area contributed by atoms with E-state index in [0.717, 1.165) is 6.92 Å². The van der Waals surface area contributed by atoms with Gasteiger partial charge in [0.25, 0.3) is 0 Å². The number of carboxylic acid groups (broad SMARTS) is 1. The van der Waals surface area contributed by atoms with Crippen molar-refractivity contribution >= 4 is 20.7 Å². The minimum absolute atomic E-state index is 0.532. The number of carboxylic acids is 1. The van der Waals surface area contributed by atoms with Crippen LogP contribution in [0.4, 0.5) is 0 Å². The number of ether oxygens (including phenoxy) is 1. The highest BCUT2D eigenvalue weighted by Gasteiger charge is 2.38. The zero-order chi connectivity index (χ0) is 11.4. The first-order valence-corrected chi connectivity index (χ1v) is 5.44. The van der Waals surface area contributed by atoms with Gasteiger partial charge in [0.1, 0.15) is 0 Å². The molecule has 1 atom stereocenters. The topological polar surface area (TPSA) is 124 Å². The molecule has 0 saturated heterocycles. The van der Waals surface area contributed by atoms with E-state index in [1.165, 1.54) is 0 Å². The fraction of sp³-hybridized carbons (Fsp3) is 0.333. The van der Waals surface area contributed by atoms with Gasteiger partial charge >= 0.3 is 20.7 Å². The van der Waals surface area contributed by atoms with Gasteiger partial charge in [-0.3, -0.25) is 0 Å². The van der Waals surface area contributed by atoms with Crippen LogP contribution in [-0.2, 0) is 14.3 Å². The first-order chi connectivity index (χ1) is 6.23. The van der Waals surface area contributed by atoms with Crippen LogP contribution in [0.25, 0.3) is 0 Å². The maximum Gasteiger partial charge on any atom is 0.535 e. The summed E-state index contributed by atoms with van der Waals surface area (Å²) in [6.45, 7) is 1.08. The Labute approximate surface area is 80.2 Å². The number of carbonyl (C=O) groups is 2. The van der Waals surface area contributed by atoms with Crippen molar-refractivity contribution < 1.29 is 33.8 Å². The first-order valence-electron chi connectivity index (χ1n) is 3.52. The van der Waals surface area contributed by atoms with Crippen LogP contribution in [0.1, 0.15) is 6.92 Å². The summed E-state index contributed by atoms with van der Waals surface area (Å²) in [7, 11) is -4.50. The van der Waals surface area contributed by atoms with E-state index in [9.17, 15) is 9.59 Å². The van der Waals surface area contributed by atoms with E-state index in [1.54, 1.807) is 0 Å². The van der Waals surface area contributed by atoms with Crippen molar-refractivity contribution in [3.63, 3.8) is 0 Å². The molecular weight excluding hydrogens is 212 g/mol. The van der Waals surface area contributed by atoms with E-state index in [-0.39, 0.29) is 0 Å². The van der Waals surface area contributed by atoms with Crippen LogP contribution in [0.3, 0.4) is 0 Å². The molecule has 0 aromatic heterocycles. The van der Waals surface area contributed by atoms with Crippen molar-refractivity contribution in [3.05, 3.63) is 12.2 Å². The number of esters is 1. The highest BCUT2D eigenvalue weighted by molar-refractivity contribution is 6.57. The molecule has 0 spiro atoms. The van der Waals surface area contributed by atoms with Gasteiger partial charge < -0.3 is 24.2 Å². The molecule has 7 nitrogen and oxygen atoms in total. The zero-order valence-electron chi connectivity index (χ0n) is 7.25. The molecule has 0 fully saturated rings. The second-order valence-electron chi connectivity index (χ2n) is 2.44. The lowest BCUT2D eigenvalue weighted by Crippen LogP contribution is -2.49. The number of aliphatic carboxylic acids is 1. The SMILES string of the molecule is CC(OC(=O)/C=C/C(=O)O)[Si](O)(O)O. The van der Waals surface area contributed by atoms with Gasteiger partial charge in [-0.2, -0.15) is 0 Å². The predicted molar refractivity (Wildman–Crippen MR) is 44.7 cm³/mol. The third-order valence-electron chi connectivity index (χ3n) is 1.20. The van der Waals surface area contributed by atoms with Crippen molar-refractivity contribution in [2.75, 3.05) is 0 Å². The van der Waals surface area contributed by atoms with Crippen LogP contribution in [0.5, 0.6) is 0 Å². The minimum Gasteiger partial charge on any atom is -0.478 e. The molecule has 80 valence electrons. The Bertz CT molecular complexity index is 253. The van der Waals surface area contributed by atoms with Gasteiger partial charge in [-0.1, -0.05) is 0 Å². The van der Waals surface area contributed by atoms with Gasteiger partial charge in [0.2, 0.25) is 0 Å². The molecule has 0 aromatic rings. The van der Waals surface area contributed by atoms with E-state index in [0.29, 0.717) is 12.2 Å². The molecule has 14 heavy (non-hydrogen) atoms. The quantitative estimate of drug-likeness (QED) is 0.246. The van der Waals surface area contributed by atoms with Crippen LogP contribution in [0.2, 0.25) is 0 Å². The summed E-state index contributed by atoms with van der Waals surface area (Å²) >= 11 is 0. The lowest BCUT2D eigenvalue weighted by Gasteiger charge is -2.17. The van der Waals surface area contributed by atoms with Gasteiger partial charge in [0.05, 0.1) is 0 Å². The molecule has 0 rings (SSSR count). The fourth-order valence-corrected chi connectivity index (χ4v) is 0.706. The van der Waals surface area contributed by atoms with Crippen molar-refractivity contribution in [1.29, 1.82) is 0 Å². The highest BCUT2D eigenvalue weighted by atomic mass is 28.4. The maximum absolute atomic E-state index is 10.7. The largest absolute Gasteiger partial charge is 0.535 e. The van der Waals surface area contributed by atoms with E-state index in [4.69, 9.17) is 19.5 Å². The maximum atomic E-state index is 10.7. The van der Waals surface area contributed by atoms with Gasteiger partial charge in [-0.15, -0.1) is 0 Å². The smallest absolute Gasteiger partial charge is 0.478 e. The number of hydrogen-bond acceptors (Lipinski definition) is 6. The summed E-state index contributed by atoms with van der Waals surface area (Å²) in [5.74, 6) is -2.41. The van der Waals surface area contributed by atoms with E-state index < -0.39 is 26.5 Å². The molecule has 0 saturated carbocycles. The monoisotopic (exact) mass is 222 g/mol. The normalized spacial score (nSPS) is 14.0. The Morgan fingerprint density at radius 2 is 1.79 bits per heavy atom. The molecular formula is C6H10O7Si. The Hall–Kier alpha value is -1.22. The molecule has 0 aliphatic carbocycles. The van der Waals surface area contributed by atoms with Crippen LogP contribution >= 0.6 is 0 Å². The third kappa shape index (κ3) is 5.43. The Balaban J connectivity index is 4.14. The lowest BCUT2D eigenvalue weighted by molar-refractivity contribution is -0.141. The number of hydrogen-bond donors (Lipinski definition) is 4. The van der Waals surface area contributed by atoms with Crippen molar-refractivity contribution in [2.24, 2.45) is 0 Å². The van der Waals surface area contributed by atoms with Crippen LogP contribution in [0, 0.1) is 0 Å². The lowest BCUT2D eigenvalue weighted by atomic mass is 10.5. The predicted octanol–water partition coefficient (Wildman–Crippen LogP) is -1.99. The molecule has 0 aliphatic heterocycles. The third-order valence-corrected chi connectivity index (χ3v) is 2.41. The van der Waals surface area contributed by atoms with E-state index >= 15 is 0 Å². The highest BCUT2D eigenvalue weighted by Crippen LogP contribution is 2.01. The minimum atomic E-state index is -4.50. The number of carbonyl (C=O) groups excluding carboxylic acids is 1. The summed E-state index contributed by atoms with van der Waals surface area (Å²) in [4.78, 5) is 46.6. The molecule has 0 heterocycles. The van der Waals surface area contributed by atoms with E-state index in [1.807, 2.05) is 0 Å². The summed E-state index contributed by atoms with van der Waals surface area (Å²) in [6, 6.07) is 0. The van der Waals surface area contributed by atoms with Gasteiger partial charge in [0.15, 0.2) is 5.73 Å². The molecule has 0 aliphatic rings. The van der Waals surface area contributed by atoms with Gasteiger partial charge in [0, 0.05) is 12.2 Å². The molecule has 0 bridgehead atoms.